The van der Waals surface area contributed by atoms with Crippen LogP contribution in [0.3, 0.4) is 0 Å². The van der Waals surface area contributed by atoms with Crippen molar-refractivity contribution >= 4 is 5.91 Å². The zero-order valence-corrected chi connectivity index (χ0v) is 11.3. The van der Waals surface area contributed by atoms with Crippen LogP contribution in [0.1, 0.15) is 24.0 Å². The van der Waals surface area contributed by atoms with Crippen LogP contribution in [0, 0.1) is 0 Å². The molecule has 5 nitrogen and oxygen atoms in total. The number of hydrogen-bond acceptors (Lipinski definition) is 4. The molecule has 1 unspecified atom stereocenters. The second-order valence-corrected chi connectivity index (χ2v) is 4.88. The number of likely N-dealkylation sites (tertiary alicyclic amines) is 1. The molecular formula is C14H21N3O2. The largest absolute Gasteiger partial charge is 0.496 e. The number of rotatable bonds is 5. The van der Waals surface area contributed by atoms with Gasteiger partial charge in [0.2, 0.25) is 5.91 Å². The molecule has 1 saturated heterocycles. The highest BCUT2D eigenvalue weighted by molar-refractivity contribution is 5.80. The Hall–Kier alpha value is -1.59. The van der Waals surface area contributed by atoms with Crippen LogP contribution < -0.4 is 16.2 Å². The third-order valence-electron chi connectivity index (χ3n) is 3.65. The average Bonchev–Trinajstić information content (AvgIpc) is 2.87. The fourth-order valence-corrected chi connectivity index (χ4v) is 2.63. The average molecular weight is 263 g/mol. The summed E-state index contributed by atoms with van der Waals surface area (Å²) in [6, 6.07) is 5.85. The number of methoxy groups -OCH3 is 1. The normalized spacial score (nSPS) is 19.6. The van der Waals surface area contributed by atoms with Gasteiger partial charge in [-0.15, -0.1) is 0 Å². The van der Waals surface area contributed by atoms with E-state index in [1.807, 2.05) is 18.2 Å². The van der Waals surface area contributed by atoms with Crippen LogP contribution in [0.4, 0.5) is 0 Å². The number of carbonyl (C=O) groups excluding carboxylic acids is 1. The molecular weight excluding hydrogens is 242 g/mol. The minimum atomic E-state index is -0.233. The molecule has 0 radical (unpaired) electrons. The van der Waals surface area contributed by atoms with Gasteiger partial charge < -0.3 is 16.2 Å². The van der Waals surface area contributed by atoms with E-state index in [2.05, 4.69) is 4.90 Å². The summed E-state index contributed by atoms with van der Waals surface area (Å²) in [4.78, 5) is 13.5. The molecule has 0 aliphatic carbocycles. The van der Waals surface area contributed by atoms with E-state index in [0.29, 0.717) is 6.54 Å². The minimum absolute atomic E-state index is 0.139. The Morgan fingerprint density at radius 1 is 1.53 bits per heavy atom. The fourth-order valence-electron chi connectivity index (χ4n) is 2.63. The zero-order chi connectivity index (χ0) is 13.8. The molecule has 1 aliphatic heterocycles. The maximum absolute atomic E-state index is 11.4. The summed E-state index contributed by atoms with van der Waals surface area (Å²) in [5.74, 6) is 0.567. The smallest absolute Gasteiger partial charge is 0.234 e. The number of nitrogens with two attached hydrogens (primary N) is 2. The predicted octanol–water partition coefficient (Wildman–Crippen LogP) is 0.604. The molecule has 0 aromatic heterocycles. The Labute approximate surface area is 113 Å². The molecule has 0 spiro atoms. The number of nitrogens with zero attached hydrogens (tertiary/aromatic N) is 1. The van der Waals surface area contributed by atoms with Gasteiger partial charge in [-0.3, -0.25) is 9.69 Å². The molecule has 1 amide bonds. The van der Waals surface area contributed by atoms with Crippen molar-refractivity contribution in [1.29, 1.82) is 0 Å². The summed E-state index contributed by atoms with van der Waals surface area (Å²) in [6.45, 7) is 2.08. The lowest BCUT2D eigenvalue weighted by Gasteiger charge is -2.22. The maximum atomic E-state index is 11.4. The quantitative estimate of drug-likeness (QED) is 0.815. The molecule has 1 atom stereocenters. The summed E-state index contributed by atoms with van der Waals surface area (Å²) < 4.78 is 5.33. The molecule has 5 heteroatoms. The lowest BCUT2D eigenvalue weighted by Crippen LogP contribution is -2.39. The Morgan fingerprint density at radius 2 is 2.32 bits per heavy atom. The van der Waals surface area contributed by atoms with Crippen molar-refractivity contribution in [1.82, 2.24) is 4.90 Å². The molecule has 19 heavy (non-hydrogen) atoms. The number of benzene rings is 1. The van der Waals surface area contributed by atoms with E-state index in [-0.39, 0.29) is 11.9 Å². The van der Waals surface area contributed by atoms with E-state index in [4.69, 9.17) is 16.2 Å². The summed E-state index contributed by atoms with van der Waals surface area (Å²) in [5.41, 5.74) is 13.2. The van der Waals surface area contributed by atoms with Crippen molar-refractivity contribution in [2.75, 3.05) is 13.7 Å². The summed E-state index contributed by atoms with van der Waals surface area (Å²) >= 11 is 0. The standard InChI is InChI=1S/C14H21N3O2/c1-19-13-7-10(4-5-11(13)8-15)9-17-6-2-3-12(17)14(16)18/h4-5,7,12H,2-3,6,8-9,15H2,1H3,(H2,16,18). The summed E-state index contributed by atoms with van der Waals surface area (Å²) in [5, 5.41) is 0. The predicted molar refractivity (Wildman–Crippen MR) is 73.5 cm³/mol. The molecule has 0 saturated carbocycles. The van der Waals surface area contributed by atoms with Crippen molar-refractivity contribution in [3.8, 4) is 5.75 Å². The third-order valence-corrected chi connectivity index (χ3v) is 3.65. The number of carbonyl (C=O) groups is 1. The molecule has 1 aromatic rings. The lowest BCUT2D eigenvalue weighted by atomic mass is 10.1. The maximum Gasteiger partial charge on any atom is 0.234 e. The Morgan fingerprint density at radius 3 is 2.95 bits per heavy atom. The zero-order valence-electron chi connectivity index (χ0n) is 11.3. The molecule has 4 N–H and O–H groups in total. The van der Waals surface area contributed by atoms with Crippen molar-refractivity contribution in [2.24, 2.45) is 11.5 Å². The van der Waals surface area contributed by atoms with Crippen molar-refractivity contribution in [3.05, 3.63) is 29.3 Å². The van der Waals surface area contributed by atoms with Crippen LogP contribution in [0.5, 0.6) is 5.75 Å². The van der Waals surface area contributed by atoms with E-state index < -0.39 is 0 Å². The number of hydrogen-bond donors (Lipinski definition) is 2. The van der Waals surface area contributed by atoms with Crippen LogP contribution in [0.2, 0.25) is 0 Å². The van der Waals surface area contributed by atoms with Gasteiger partial charge in [-0.25, -0.2) is 0 Å². The van der Waals surface area contributed by atoms with Gasteiger partial charge >= 0.3 is 0 Å². The highest BCUT2D eigenvalue weighted by atomic mass is 16.5. The topological polar surface area (TPSA) is 81.6 Å². The number of amides is 1. The van der Waals surface area contributed by atoms with Gasteiger partial charge in [-0.05, 0) is 31.0 Å². The van der Waals surface area contributed by atoms with E-state index in [0.717, 1.165) is 42.8 Å². The van der Waals surface area contributed by atoms with Crippen LogP contribution in [0.25, 0.3) is 0 Å². The van der Waals surface area contributed by atoms with Gasteiger partial charge in [0.15, 0.2) is 0 Å². The third kappa shape index (κ3) is 3.05. The minimum Gasteiger partial charge on any atom is -0.496 e. The second kappa shape index (κ2) is 6.04. The second-order valence-electron chi connectivity index (χ2n) is 4.88. The van der Waals surface area contributed by atoms with Crippen molar-refractivity contribution < 1.29 is 9.53 Å². The van der Waals surface area contributed by atoms with Gasteiger partial charge in [0.1, 0.15) is 5.75 Å². The van der Waals surface area contributed by atoms with Crippen LogP contribution in [0.15, 0.2) is 18.2 Å². The first-order valence-corrected chi connectivity index (χ1v) is 6.55. The SMILES string of the molecule is COc1cc(CN2CCCC2C(N)=O)ccc1CN. The Kier molecular flexibility index (Phi) is 4.39. The Bertz CT molecular complexity index is 462. The lowest BCUT2D eigenvalue weighted by molar-refractivity contribution is -0.122. The number of ether oxygens (including phenoxy) is 1. The molecule has 104 valence electrons. The first-order valence-electron chi connectivity index (χ1n) is 6.55. The first kappa shape index (κ1) is 13.8. The summed E-state index contributed by atoms with van der Waals surface area (Å²) in [6.07, 6.45) is 1.87. The van der Waals surface area contributed by atoms with E-state index in [9.17, 15) is 4.79 Å². The van der Waals surface area contributed by atoms with Crippen molar-refractivity contribution in [2.45, 2.75) is 32.0 Å². The monoisotopic (exact) mass is 263 g/mol. The molecule has 0 bridgehead atoms. The van der Waals surface area contributed by atoms with Crippen LogP contribution >= 0.6 is 0 Å². The van der Waals surface area contributed by atoms with E-state index >= 15 is 0 Å². The summed E-state index contributed by atoms with van der Waals surface area (Å²) in [7, 11) is 1.64. The van der Waals surface area contributed by atoms with Gasteiger partial charge in [-0.1, -0.05) is 12.1 Å². The van der Waals surface area contributed by atoms with E-state index in [1.165, 1.54) is 0 Å². The molecule has 2 rings (SSSR count). The fraction of sp³-hybridized carbons (Fsp3) is 0.500. The first-order chi connectivity index (χ1) is 9.15. The highest BCUT2D eigenvalue weighted by Crippen LogP contribution is 2.24. The molecule has 1 aromatic carbocycles. The molecule has 1 heterocycles. The van der Waals surface area contributed by atoms with Gasteiger partial charge in [0.05, 0.1) is 13.2 Å². The van der Waals surface area contributed by atoms with Gasteiger partial charge in [-0.2, -0.15) is 0 Å². The highest BCUT2D eigenvalue weighted by Gasteiger charge is 2.28. The number of primary amides is 1. The van der Waals surface area contributed by atoms with Crippen molar-refractivity contribution in [3.63, 3.8) is 0 Å². The molecule has 1 fully saturated rings. The Balaban J connectivity index is 2.12. The van der Waals surface area contributed by atoms with Gasteiger partial charge in [0.25, 0.3) is 0 Å². The van der Waals surface area contributed by atoms with Gasteiger partial charge in [0, 0.05) is 18.7 Å². The van der Waals surface area contributed by atoms with Crippen LogP contribution in [-0.4, -0.2) is 30.5 Å². The molecule has 1 aliphatic rings. The van der Waals surface area contributed by atoms with Crippen LogP contribution in [-0.2, 0) is 17.9 Å². The van der Waals surface area contributed by atoms with E-state index in [1.54, 1.807) is 7.11 Å².